The van der Waals surface area contributed by atoms with E-state index in [1.54, 1.807) is 0 Å². The molecule has 1 amide bonds. The van der Waals surface area contributed by atoms with Gasteiger partial charge in [0.15, 0.2) is 0 Å². The molecule has 3 rings (SSSR count). The van der Waals surface area contributed by atoms with Crippen molar-refractivity contribution in [2.24, 2.45) is 11.8 Å². The maximum absolute atomic E-state index is 13.2. The van der Waals surface area contributed by atoms with Crippen LogP contribution in [-0.4, -0.2) is 46.6 Å². The Morgan fingerprint density at radius 3 is 2.62 bits per heavy atom. The van der Waals surface area contributed by atoms with Crippen molar-refractivity contribution < 1.29 is 24.4 Å². The second kappa shape index (κ2) is 12.0. The van der Waals surface area contributed by atoms with E-state index in [0.717, 1.165) is 17.5 Å². The Kier molecular flexibility index (Phi) is 9.14. The number of carbonyl (C=O) groups excluding carboxylic acids is 1. The van der Waals surface area contributed by atoms with E-state index < -0.39 is 42.0 Å². The number of carboxylic acids is 1. The SMILES string of the molecule is CC[C@H](C)[C@@H](OCc1ccccc1)[C@H]1[C@H]([N+](=O)[O-])[C@H](c2ccsc2)N[C@@H]1C(=O)NCCC(=O)O. The van der Waals surface area contributed by atoms with E-state index in [-0.39, 0.29) is 30.4 Å². The van der Waals surface area contributed by atoms with Crippen molar-refractivity contribution in [2.45, 2.75) is 57.5 Å². The van der Waals surface area contributed by atoms with Crippen molar-refractivity contribution >= 4 is 23.2 Å². The van der Waals surface area contributed by atoms with Gasteiger partial charge >= 0.3 is 5.97 Å². The zero-order chi connectivity index (χ0) is 24.7. The van der Waals surface area contributed by atoms with Crippen LogP contribution in [0.5, 0.6) is 0 Å². The number of hydrogen-bond acceptors (Lipinski definition) is 7. The minimum Gasteiger partial charge on any atom is -0.481 e. The predicted molar refractivity (Wildman–Crippen MR) is 128 cm³/mol. The van der Waals surface area contributed by atoms with Crippen LogP contribution in [0.1, 0.15) is 43.9 Å². The predicted octanol–water partition coefficient (Wildman–Crippen LogP) is 3.24. The molecule has 1 aromatic carbocycles. The van der Waals surface area contributed by atoms with Crippen molar-refractivity contribution in [3.63, 3.8) is 0 Å². The van der Waals surface area contributed by atoms with E-state index in [1.807, 2.05) is 61.0 Å². The number of amides is 1. The molecule has 0 saturated carbocycles. The maximum Gasteiger partial charge on any atom is 0.305 e. The molecule has 0 spiro atoms. The molecule has 3 N–H and O–H groups in total. The molecule has 6 atom stereocenters. The van der Waals surface area contributed by atoms with Gasteiger partial charge in [0.05, 0.1) is 31.1 Å². The summed E-state index contributed by atoms with van der Waals surface area (Å²) >= 11 is 1.44. The number of hydrogen-bond donors (Lipinski definition) is 3. The summed E-state index contributed by atoms with van der Waals surface area (Å²) in [6.45, 7) is 4.19. The summed E-state index contributed by atoms with van der Waals surface area (Å²) in [7, 11) is 0. The molecule has 1 fully saturated rings. The topological polar surface area (TPSA) is 131 Å². The van der Waals surface area contributed by atoms with Gasteiger partial charge in [-0.25, -0.2) is 0 Å². The number of nitro groups is 1. The minimum absolute atomic E-state index is 0.0477. The zero-order valence-electron chi connectivity index (χ0n) is 19.3. The molecular formula is C24H31N3O6S. The first-order chi connectivity index (χ1) is 16.3. The van der Waals surface area contributed by atoms with Gasteiger partial charge in [-0.1, -0.05) is 50.6 Å². The molecule has 0 aliphatic carbocycles. The number of nitrogens with one attached hydrogen (secondary N) is 2. The molecule has 184 valence electrons. The number of rotatable bonds is 12. The Labute approximate surface area is 202 Å². The number of aliphatic carboxylic acids is 1. The maximum atomic E-state index is 13.2. The molecule has 10 heteroatoms. The summed E-state index contributed by atoms with van der Waals surface area (Å²) in [6.07, 6.45) is -0.0710. The van der Waals surface area contributed by atoms with Gasteiger partial charge in [-0.05, 0) is 33.9 Å². The molecule has 2 aromatic rings. The zero-order valence-corrected chi connectivity index (χ0v) is 20.1. The van der Waals surface area contributed by atoms with E-state index in [1.165, 1.54) is 11.3 Å². The second-order valence-corrected chi connectivity index (χ2v) is 9.39. The summed E-state index contributed by atoms with van der Waals surface area (Å²) < 4.78 is 6.32. The number of ether oxygens (including phenoxy) is 1. The first-order valence-electron chi connectivity index (χ1n) is 11.4. The van der Waals surface area contributed by atoms with Crippen molar-refractivity contribution in [2.75, 3.05) is 6.54 Å². The summed E-state index contributed by atoms with van der Waals surface area (Å²) in [5, 5.41) is 30.8. The lowest BCUT2D eigenvalue weighted by molar-refractivity contribution is -0.535. The van der Waals surface area contributed by atoms with Gasteiger partial charge in [0.1, 0.15) is 6.04 Å². The highest BCUT2D eigenvalue weighted by Gasteiger charge is 2.57. The first-order valence-corrected chi connectivity index (χ1v) is 12.3. The monoisotopic (exact) mass is 489 g/mol. The lowest BCUT2D eigenvalue weighted by Gasteiger charge is -2.32. The number of benzene rings is 1. The standard InChI is InChI=1S/C24H31N3O6S/c1-3-15(2)23(33-13-16-7-5-4-6-8-16)19-21(24(30)25-11-9-18(28)29)26-20(22(19)27(31)32)17-10-12-34-14-17/h4-8,10,12,14-15,19-23,26H,3,9,11,13H2,1-2H3,(H,25,30)(H,28,29)/t15-,19+,20-,21-,22-,23+/m0/s1. The summed E-state index contributed by atoms with van der Waals surface area (Å²) in [5.41, 5.74) is 1.69. The van der Waals surface area contributed by atoms with Crippen LogP contribution in [0.3, 0.4) is 0 Å². The van der Waals surface area contributed by atoms with Crippen LogP contribution in [-0.2, 0) is 20.9 Å². The fraction of sp³-hybridized carbons (Fsp3) is 0.500. The lowest BCUT2D eigenvalue weighted by atomic mass is 9.80. The van der Waals surface area contributed by atoms with Crippen LogP contribution >= 0.6 is 11.3 Å². The summed E-state index contributed by atoms with van der Waals surface area (Å²) in [4.78, 5) is 36.1. The Balaban J connectivity index is 1.94. The summed E-state index contributed by atoms with van der Waals surface area (Å²) in [6, 6.07) is 8.74. The highest BCUT2D eigenvalue weighted by Crippen LogP contribution is 2.40. The Morgan fingerprint density at radius 1 is 1.29 bits per heavy atom. The molecule has 1 aliphatic heterocycles. The average molecular weight is 490 g/mol. The van der Waals surface area contributed by atoms with E-state index >= 15 is 0 Å². The normalized spacial score (nSPS) is 23.8. The molecule has 1 saturated heterocycles. The van der Waals surface area contributed by atoms with Gasteiger partial charge < -0.3 is 15.2 Å². The van der Waals surface area contributed by atoms with Crippen LogP contribution in [0.25, 0.3) is 0 Å². The number of nitrogens with zero attached hydrogens (tertiary/aromatic N) is 1. The average Bonchev–Trinajstić information content (AvgIpc) is 3.47. The molecule has 1 aliphatic rings. The van der Waals surface area contributed by atoms with Gasteiger partial charge in [-0.15, -0.1) is 0 Å². The van der Waals surface area contributed by atoms with E-state index in [9.17, 15) is 19.7 Å². The molecule has 2 heterocycles. The number of carbonyl (C=O) groups is 2. The quantitative estimate of drug-likeness (QED) is 0.308. The van der Waals surface area contributed by atoms with Crippen molar-refractivity contribution in [3.8, 4) is 0 Å². The van der Waals surface area contributed by atoms with Gasteiger partial charge in [0.2, 0.25) is 11.9 Å². The molecule has 34 heavy (non-hydrogen) atoms. The third-order valence-electron chi connectivity index (χ3n) is 6.42. The smallest absolute Gasteiger partial charge is 0.305 e. The third-order valence-corrected chi connectivity index (χ3v) is 7.12. The van der Waals surface area contributed by atoms with E-state index in [0.29, 0.717) is 0 Å². The van der Waals surface area contributed by atoms with Gasteiger partial charge in [0.25, 0.3) is 0 Å². The Bertz CT molecular complexity index is 955. The fourth-order valence-corrected chi connectivity index (χ4v) is 5.22. The van der Waals surface area contributed by atoms with Crippen molar-refractivity contribution in [3.05, 3.63) is 68.4 Å². The molecule has 0 bridgehead atoms. The molecular weight excluding hydrogens is 458 g/mol. The molecule has 0 unspecified atom stereocenters. The molecule has 0 radical (unpaired) electrons. The number of carboxylic acid groups (broad SMARTS) is 1. The van der Waals surface area contributed by atoms with Crippen LogP contribution < -0.4 is 10.6 Å². The minimum atomic E-state index is -1.08. The number of thiophene rings is 1. The van der Waals surface area contributed by atoms with E-state index in [4.69, 9.17) is 9.84 Å². The molecule has 9 nitrogen and oxygen atoms in total. The van der Waals surface area contributed by atoms with Crippen molar-refractivity contribution in [1.29, 1.82) is 0 Å². The van der Waals surface area contributed by atoms with Crippen molar-refractivity contribution in [1.82, 2.24) is 10.6 Å². The van der Waals surface area contributed by atoms with Crippen LogP contribution in [0.2, 0.25) is 0 Å². The Hall–Kier alpha value is -2.82. The lowest BCUT2D eigenvalue weighted by Crippen LogP contribution is -2.51. The second-order valence-electron chi connectivity index (χ2n) is 8.61. The van der Waals surface area contributed by atoms with Gasteiger partial charge in [-0.2, -0.15) is 11.3 Å². The van der Waals surface area contributed by atoms with Crippen LogP contribution in [0, 0.1) is 22.0 Å². The van der Waals surface area contributed by atoms with E-state index in [2.05, 4.69) is 10.6 Å². The third kappa shape index (κ3) is 6.19. The van der Waals surface area contributed by atoms with Gasteiger partial charge in [0, 0.05) is 11.5 Å². The summed E-state index contributed by atoms with van der Waals surface area (Å²) in [5.74, 6) is -2.27. The fourth-order valence-electron chi connectivity index (χ4n) is 4.52. The van der Waals surface area contributed by atoms with Gasteiger partial charge in [-0.3, -0.25) is 25.0 Å². The van der Waals surface area contributed by atoms with Crippen LogP contribution in [0.15, 0.2) is 47.2 Å². The highest BCUT2D eigenvalue weighted by atomic mass is 32.1. The largest absolute Gasteiger partial charge is 0.481 e. The first kappa shape index (κ1) is 25.8. The molecule has 1 aromatic heterocycles. The van der Waals surface area contributed by atoms with Crippen LogP contribution in [0.4, 0.5) is 0 Å². The Morgan fingerprint density at radius 2 is 2.03 bits per heavy atom. The highest BCUT2D eigenvalue weighted by molar-refractivity contribution is 7.08.